The van der Waals surface area contributed by atoms with Gasteiger partial charge >= 0.3 is 0 Å². The molecule has 3 aromatic rings. The van der Waals surface area contributed by atoms with E-state index >= 15 is 0 Å². The van der Waals surface area contributed by atoms with E-state index < -0.39 is 6.04 Å². The molecule has 0 radical (unpaired) electrons. The number of amides is 1. The molecule has 0 unspecified atom stereocenters. The molecule has 36 heavy (non-hydrogen) atoms. The number of thiophene rings is 1. The lowest BCUT2D eigenvalue weighted by Crippen LogP contribution is -2.29. The van der Waals surface area contributed by atoms with Crippen LogP contribution in [0, 0.1) is 20.8 Å². The summed E-state index contributed by atoms with van der Waals surface area (Å²) < 4.78 is 12.8. The molecule has 0 bridgehead atoms. The van der Waals surface area contributed by atoms with Crippen LogP contribution in [0.25, 0.3) is 5.00 Å². The van der Waals surface area contributed by atoms with Crippen molar-refractivity contribution in [3.8, 4) is 5.00 Å². The van der Waals surface area contributed by atoms with E-state index in [2.05, 4.69) is 29.4 Å². The van der Waals surface area contributed by atoms with Crippen molar-refractivity contribution in [2.24, 2.45) is 10.7 Å². The van der Waals surface area contributed by atoms with Gasteiger partial charge in [-0.15, -0.1) is 21.5 Å². The molecule has 0 fully saturated rings. The summed E-state index contributed by atoms with van der Waals surface area (Å²) >= 11 is 7.84. The number of hydrogen-bond donors (Lipinski definition) is 2. The van der Waals surface area contributed by atoms with Crippen LogP contribution in [0.4, 0.5) is 0 Å². The van der Waals surface area contributed by atoms with Crippen molar-refractivity contribution < 1.29 is 14.3 Å². The number of nitrogens with two attached hydrogens (primary N) is 1. The summed E-state index contributed by atoms with van der Waals surface area (Å²) in [6, 6.07) is 7.13. The highest BCUT2D eigenvalue weighted by Crippen LogP contribution is 2.39. The first kappa shape index (κ1) is 26.4. The number of ether oxygens (including phenoxy) is 2. The lowest BCUT2D eigenvalue weighted by Gasteiger charge is -2.13. The standard InChI is InChI=1S/C25H31ClN6O3S/c1-15-16(2)36-25-22(15)23(18-4-6-19(26)7-5-18)29-20(24-31-30-17(3)32(24)25)14-21(33)28-9-11-35-13-12-34-10-8-27/h4-7,20H,8-14,27H2,1-3H3,(H,28,33)/t20-/m0/s1. The fourth-order valence-corrected chi connectivity index (χ4v) is 5.39. The summed E-state index contributed by atoms with van der Waals surface area (Å²) in [5.74, 6) is 1.28. The molecule has 11 heteroatoms. The van der Waals surface area contributed by atoms with Crippen molar-refractivity contribution in [3.63, 3.8) is 0 Å². The normalized spacial score (nSPS) is 14.7. The number of nitrogens with zero attached hydrogens (tertiary/aromatic N) is 4. The Balaban J connectivity index is 1.56. The number of fused-ring (bicyclic) bond motifs is 3. The van der Waals surface area contributed by atoms with Crippen molar-refractivity contribution in [3.05, 3.63) is 62.5 Å². The minimum Gasteiger partial charge on any atom is -0.378 e. The molecular formula is C25H31ClN6O3S. The third-order valence-electron chi connectivity index (χ3n) is 5.94. The minimum absolute atomic E-state index is 0.132. The maximum Gasteiger partial charge on any atom is 0.222 e. The van der Waals surface area contributed by atoms with E-state index in [0.29, 0.717) is 50.4 Å². The van der Waals surface area contributed by atoms with E-state index in [9.17, 15) is 4.79 Å². The van der Waals surface area contributed by atoms with E-state index in [1.807, 2.05) is 35.8 Å². The molecule has 0 spiro atoms. The second kappa shape index (κ2) is 12.1. The van der Waals surface area contributed by atoms with Gasteiger partial charge in [0.05, 0.1) is 38.6 Å². The molecule has 192 valence electrons. The van der Waals surface area contributed by atoms with Crippen LogP contribution < -0.4 is 11.1 Å². The van der Waals surface area contributed by atoms with Crippen LogP contribution in [0.1, 0.15) is 45.7 Å². The third-order valence-corrected chi connectivity index (χ3v) is 7.38. The van der Waals surface area contributed by atoms with Crippen LogP contribution in [0.3, 0.4) is 0 Å². The number of carbonyl (C=O) groups is 1. The van der Waals surface area contributed by atoms with Crippen molar-refractivity contribution in [1.82, 2.24) is 20.1 Å². The molecule has 3 heterocycles. The largest absolute Gasteiger partial charge is 0.378 e. The second-order valence-corrected chi connectivity index (χ2v) is 10.1. The topological polar surface area (TPSA) is 117 Å². The van der Waals surface area contributed by atoms with E-state index in [0.717, 1.165) is 33.2 Å². The first-order valence-electron chi connectivity index (χ1n) is 11.9. The summed E-state index contributed by atoms with van der Waals surface area (Å²) in [4.78, 5) is 19.2. The van der Waals surface area contributed by atoms with Gasteiger partial charge in [0, 0.05) is 34.1 Å². The number of aliphatic imine (C=N–C) groups is 1. The molecule has 0 saturated heterocycles. The molecule has 1 aliphatic rings. The van der Waals surface area contributed by atoms with Gasteiger partial charge in [0.1, 0.15) is 16.9 Å². The summed E-state index contributed by atoms with van der Waals surface area (Å²) in [7, 11) is 0. The number of rotatable bonds is 11. The smallest absolute Gasteiger partial charge is 0.222 e. The lowest BCUT2D eigenvalue weighted by molar-refractivity contribution is -0.121. The quantitative estimate of drug-likeness (QED) is 0.367. The molecular weight excluding hydrogens is 500 g/mol. The van der Waals surface area contributed by atoms with Gasteiger partial charge in [-0.05, 0) is 38.5 Å². The van der Waals surface area contributed by atoms with Crippen LogP contribution in [-0.4, -0.2) is 65.9 Å². The first-order valence-corrected chi connectivity index (χ1v) is 13.1. The van der Waals surface area contributed by atoms with Gasteiger partial charge in [-0.25, -0.2) is 0 Å². The minimum atomic E-state index is -0.498. The fraction of sp³-hybridized carbons (Fsp3) is 0.440. The lowest BCUT2D eigenvalue weighted by atomic mass is 9.99. The number of aromatic nitrogens is 3. The van der Waals surface area contributed by atoms with Gasteiger partial charge in [0.15, 0.2) is 5.82 Å². The van der Waals surface area contributed by atoms with Gasteiger partial charge < -0.3 is 20.5 Å². The Kier molecular flexibility index (Phi) is 8.86. The first-order chi connectivity index (χ1) is 17.4. The molecule has 4 rings (SSSR count). The Morgan fingerprint density at radius 2 is 1.83 bits per heavy atom. The van der Waals surface area contributed by atoms with Crippen molar-refractivity contribution >= 4 is 34.6 Å². The average molecular weight is 531 g/mol. The summed E-state index contributed by atoms with van der Waals surface area (Å²) in [5, 5.41) is 13.4. The molecule has 2 aromatic heterocycles. The molecule has 1 aromatic carbocycles. The van der Waals surface area contributed by atoms with Crippen molar-refractivity contribution in [1.29, 1.82) is 0 Å². The highest BCUT2D eigenvalue weighted by molar-refractivity contribution is 7.15. The zero-order valence-electron chi connectivity index (χ0n) is 20.7. The number of benzene rings is 1. The van der Waals surface area contributed by atoms with Crippen LogP contribution in [0.2, 0.25) is 5.02 Å². The third kappa shape index (κ3) is 5.84. The van der Waals surface area contributed by atoms with Gasteiger partial charge in [-0.3, -0.25) is 14.4 Å². The Morgan fingerprint density at radius 1 is 1.11 bits per heavy atom. The fourth-order valence-electron chi connectivity index (χ4n) is 4.05. The van der Waals surface area contributed by atoms with E-state index in [4.69, 9.17) is 31.8 Å². The van der Waals surface area contributed by atoms with Crippen LogP contribution >= 0.6 is 22.9 Å². The van der Waals surface area contributed by atoms with Crippen molar-refractivity contribution in [2.75, 3.05) is 39.5 Å². The highest BCUT2D eigenvalue weighted by Gasteiger charge is 2.32. The van der Waals surface area contributed by atoms with E-state index in [1.165, 1.54) is 4.88 Å². The zero-order chi connectivity index (χ0) is 25.7. The predicted octanol–water partition coefficient (Wildman–Crippen LogP) is 3.30. The molecule has 1 amide bonds. The van der Waals surface area contributed by atoms with Crippen LogP contribution in [-0.2, 0) is 14.3 Å². The van der Waals surface area contributed by atoms with E-state index in [-0.39, 0.29) is 12.3 Å². The monoisotopic (exact) mass is 530 g/mol. The second-order valence-electron chi connectivity index (χ2n) is 8.47. The number of hydrogen-bond acceptors (Lipinski definition) is 8. The summed E-state index contributed by atoms with van der Waals surface area (Å²) in [6.07, 6.45) is 0.141. The number of nitrogens with one attached hydrogen (secondary N) is 1. The molecule has 0 aliphatic carbocycles. The maximum absolute atomic E-state index is 12.9. The highest BCUT2D eigenvalue weighted by atomic mass is 35.5. The van der Waals surface area contributed by atoms with Crippen molar-refractivity contribution in [2.45, 2.75) is 33.2 Å². The summed E-state index contributed by atoms with van der Waals surface area (Å²) in [6.45, 7) is 8.84. The SMILES string of the molecule is Cc1sc2c(c1C)C(c1ccc(Cl)cc1)=N[C@@H](CC(=O)NCCOCCOCCN)c1nnc(C)n1-2. The van der Waals surface area contributed by atoms with Gasteiger partial charge in [-0.2, -0.15) is 0 Å². The Hall–Kier alpha value is -2.63. The van der Waals surface area contributed by atoms with Gasteiger partial charge in [-0.1, -0.05) is 23.7 Å². The predicted molar refractivity (Wildman–Crippen MR) is 142 cm³/mol. The van der Waals surface area contributed by atoms with E-state index in [1.54, 1.807) is 11.3 Å². The Morgan fingerprint density at radius 3 is 2.56 bits per heavy atom. The molecule has 9 nitrogen and oxygen atoms in total. The summed E-state index contributed by atoms with van der Waals surface area (Å²) in [5.41, 5.74) is 9.34. The van der Waals surface area contributed by atoms with Crippen LogP contribution in [0.5, 0.6) is 0 Å². The van der Waals surface area contributed by atoms with Gasteiger partial charge in [0.25, 0.3) is 0 Å². The average Bonchev–Trinajstić information content (AvgIpc) is 3.33. The Labute approximate surface area is 219 Å². The maximum atomic E-state index is 12.9. The Bertz CT molecular complexity index is 1240. The van der Waals surface area contributed by atoms with Crippen LogP contribution in [0.15, 0.2) is 29.3 Å². The molecule has 0 saturated carbocycles. The number of carbonyl (C=O) groups excluding carboxylic acids is 1. The number of aryl methyl sites for hydroxylation is 2. The number of halogens is 1. The molecule has 1 aliphatic heterocycles. The molecule has 1 atom stereocenters. The zero-order valence-corrected chi connectivity index (χ0v) is 22.3. The van der Waals surface area contributed by atoms with Gasteiger partial charge in [0.2, 0.25) is 5.91 Å². The molecule has 3 N–H and O–H groups in total.